The van der Waals surface area contributed by atoms with Crippen molar-refractivity contribution < 1.29 is 10.2 Å². The van der Waals surface area contributed by atoms with Gasteiger partial charge in [0, 0.05) is 11.3 Å². The molecule has 0 aliphatic heterocycles. The van der Waals surface area contributed by atoms with Crippen molar-refractivity contribution in [3.05, 3.63) is 50.6 Å². The van der Waals surface area contributed by atoms with Gasteiger partial charge in [0.25, 0.3) is 0 Å². The van der Waals surface area contributed by atoms with Crippen molar-refractivity contribution in [1.29, 1.82) is 0 Å². The summed E-state index contributed by atoms with van der Waals surface area (Å²) in [7, 11) is 0. The van der Waals surface area contributed by atoms with Crippen molar-refractivity contribution >= 4 is 27.3 Å². The summed E-state index contributed by atoms with van der Waals surface area (Å²) in [5.74, 6) is 0.233. The summed E-state index contributed by atoms with van der Waals surface area (Å²) in [6.07, 6.45) is -0.000417. The number of aliphatic hydroxyl groups is 1. The van der Waals surface area contributed by atoms with Crippen LogP contribution in [-0.4, -0.2) is 10.2 Å². The van der Waals surface area contributed by atoms with E-state index in [1.165, 1.54) is 11.3 Å². The number of phenolic OH excluding ortho intramolecular Hbond substituents is 1. The van der Waals surface area contributed by atoms with E-state index >= 15 is 0 Å². The number of rotatable bonds is 3. The first kappa shape index (κ1) is 11.6. The standard InChI is InChI=1S/C12H11BrO2S/c13-12-5-4-11(16-12)10(15)7-8-2-1-3-9(14)6-8/h1-6,10,14-15H,7H2. The molecule has 0 bridgehead atoms. The molecule has 1 aromatic heterocycles. The van der Waals surface area contributed by atoms with Crippen molar-refractivity contribution in [3.63, 3.8) is 0 Å². The van der Waals surface area contributed by atoms with Gasteiger partial charge in [-0.15, -0.1) is 11.3 Å². The summed E-state index contributed by atoms with van der Waals surface area (Å²) in [4.78, 5) is 0.926. The monoisotopic (exact) mass is 298 g/mol. The summed E-state index contributed by atoms with van der Waals surface area (Å²) in [6, 6.07) is 10.8. The van der Waals surface area contributed by atoms with Crippen molar-refractivity contribution in [2.24, 2.45) is 0 Å². The highest BCUT2D eigenvalue weighted by Crippen LogP contribution is 2.29. The van der Waals surface area contributed by atoms with E-state index in [1.807, 2.05) is 18.2 Å². The first-order chi connectivity index (χ1) is 7.65. The molecule has 0 saturated heterocycles. The Morgan fingerprint density at radius 2 is 2.06 bits per heavy atom. The zero-order chi connectivity index (χ0) is 11.5. The third kappa shape index (κ3) is 2.84. The van der Waals surface area contributed by atoms with Gasteiger partial charge in [-0.2, -0.15) is 0 Å². The number of hydrogen-bond donors (Lipinski definition) is 2. The summed E-state index contributed by atoms with van der Waals surface area (Å²) in [6.45, 7) is 0. The van der Waals surface area contributed by atoms with Gasteiger partial charge in [0.05, 0.1) is 9.89 Å². The molecule has 4 heteroatoms. The number of thiophene rings is 1. The Balaban J connectivity index is 2.10. The van der Waals surface area contributed by atoms with E-state index in [4.69, 9.17) is 0 Å². The maximum Gasteiger partial charge on any atom is 0.115 e. The molecule has 2 rings (SSSR count). The van der Waals surface area contributed by atoms with Gasteiger partial charge in [-0.3, -0.25) is 0 Å². The predicted molar refractivity (Wildman–Crippen MR) is 68.8 cm³/mol. The Morgan fingerprint density at radius 1 is 1.25 bits per heavy atom. The van der Waals surface area contributed by atoms with E-state index in [9.17, 15) is 10.2 Å². The van der Waals surface area contributed by atoms with E-state index in [0.717, 1.165) is 14.2 Å². The molecule has 16 heavy (non-hydrogen) atoms. The number of aliphatic hydroxyl groups excluding tert-OH is 1. The van der Waals surface area contributed by atoms with Gasteiger partial charge in [0.15, 0.2) is 0 Å². The van der Waals surface area contributed by atoms with Crippen molar-refractivity contribution in [1.82, 2.24) is 0 Å². The zero-order valence-corrected chi connectivity index (χ0v) is 10.8. The van der Waals surface area contributed by atoms with Crippen LogP contribution in [0.25, 0.3) is 0 Å². The minimum Gasteiger partial charge on any atom is -0.508 e. The fourth-order valence-electron chi connectivity index (χ4n) is 1.51. The third-order valence-electron chi connectivity index (χ3n) is 2.26. The third-order valence-corrected chi connectivity index (χ3v) is 3.99. The van der Waals surface area contributed by atoms with Crippen LogP contribution in [0.5, 0.6) is 5.75 Å². The second-order valence-corrected chi connectivity index (χ2v) is 6.03. The topological polar surface area (TPSA) is 40.5 Å². The van der Waals surface area contributed by atoms with Crippen LogP contribution in [0.15, 0.2) is 40.2 Å². The molecular formula is C12H11BrO2S. The fourth-order valence-corrected chi connectivity index (χ4v) is 2.92. The SMILES string of the molecule is Oc1cccc(CC(O)c2ccc(Br)s2)c1. The van der Waals surface area contributed by atoms with Crippen LogP contribution in [0.4, 0.5) is 0 Å². The molecule has 1 unspecified atom stereocenters. The molecule has 2 aromatic rings. The molecule has 1 aromatic carbocycles. The first-order valence-corrected chi connectivity index (χ1v) is 6.47. The molecule has 0 fully saturated rings. The van der Waals surface area contributed by atoms with Gasteiger partial charge < -0.3 is 10.2 Å². The second-order valence-electron chi connectivity index (χ2n) is 3.53. The Labute approximate surface area is 106 Å². The summed E-state index contributed by atoms with van der Waals surface area (Å²) >= 11 is 4.89. The number of benzene rings is 1. The Morgan fingerprint density at radius 3 is 2.69 bits per heavy atom. The Bertz CT molecular complexity index is 481. The molecule has 1 heterocycles. The maximum absolute atomic E-state index is 9.99. The summed E-state index contributed by atoms with van der Waals surface area (Å²) in [5.41, 5.74) is 0.928. The molecule has 0 amide bonds. The number of halogens is 1. The number of phenols is 1. The summed E-state index contributed by atoms with van der Waals surface area (Å²) < 4.78 is 1.01. The van der Waals surface area contributed by atoms with Crippen molar-refractivity contribution in [3.8, 4) is 5.75 Å². The van der Waals surface area contributed by atoms with Gasteiger partial charge in [0.2, 0.25) is 0 Å². The lowest BCUT2D eigenvalue weighted by molar-refractivity contribution is 0.182. The quantitative estimate of drug-likeness (QED) is 0.910. The normalized spacial score (nSPS) is 12.6. The zero-order valence-electron chi connectivity index (χ0n) is 8.43. The molecule has 0 saturated carbocycles. The van der Waals surface area contributed by atoms with Crippen LogP contribution in [0, 0.1) is 0 Å². The maximum atomic E-state index is 9.99. The van der Waals surface area contributed by atoms with Gasteiger partial charge in [-0.05, 0) is 45.8 Å². The molecule has 1 atom stereocenters. The van der Waals surface area contributed by atoms with Crippen molar-refractivity contribution in [2.75, 3.05) is 0 Å². The molecule has 2 N–H and O–H groups in total. The van der Waals surface area contributed by atoms with Crippen LogP contribution >= 0.6 is 27.3 Å². The highest BCUT2D eigenvalue weighted by Gasteiger charge is 2.11. The highest BCUT2D eigenvalue weighted by molar-refractivity contribution is 9.11. The van der Waals surface area contributed by atoms with Crippen LogP contribution in [0.1, 0.15) is 16.5 Å². The van der Waals surface area contributed by atoms with E-state index in [0.29, 0.717) is 6.42 Å². The lowest BCUT2D eigenvalue weighted by atomic mass is 10.1. The molecule has 2 nitrogen and oxygen atoms in total. The molecule has 0 aliphatic rings. The molecule has 84 valence electrons. The van der Waals surface area contributed by atoms with Gasteiger partial charge >= 0.3 is 0 Å². The Kier molecular flexibility index (Phi) is 3.63. The predicted octanol–water partition coefficient (Wildman–Crippen LogP) is 3.49. The fraction of sp³-hybridized carbons (Fsp3) is 0.167. The van der Waals surface area contributed by atoms with Crippen LogP contribution < -0.4 is 0 Å². The lowest BCUT2D eigenvalue weighted by Gasteiger charge is -2.08. The smallest absolute Gasteiger partial charge is 0.115 e. The lowest BCUT2D eigenvalue weighted by Crippen LogP contribution is -1.99. The second kappa shape index (κ2) is 4.99. The number of aromatic hydroxyl groups is 1. The van der Waals surface area contributed by atoms with E-state index in [-0.39, 0.29) is 5.75 Å². The molecule has 0 radical (unpaired) electrons. The molecular weight excluding hydrogens is 288 g/mol. The van der Waals surface area contributed by atoms with Gasteiger partial charge in [0.1, 0.15) is 5.75 Å². The van der Waals surface area contributed by atoms with E-state index < -0.39 is 6.10 Å². The Hall–Kier alpha value is -0.840. The average Bonchev–Trinajstić information content (AvgIpc) is 2.65. The number of hydrogen-bond acceptors (Lipinski definition) is 3. The van der Waals surface area contributed by atoms with Crippen LogP contribution in [0.3, 0.4) is 0 Å². The highest BCUT2D eigenvalue weighted by atomic mass is 79.9. The average molecular weight is 299 g/mol. The van der Waals surface area contributed by atoms with E-state index in [2.05, 4.69) is 15.9 Å². The minimum absolute atomic E-state index is 0.233. The van der Waals surface area contributed by atoms with E-state index in [1.54, 1.807) is 18.2 Å². The minimum atomic E-state index is -0.516. The van der Waals surface area contributed by atoms with Crippen LogP contribution in [-0.2, 0) is 6.42 Å². The largest absolute Gasteiger partial charge is 0.508 e. The van der Waals surface area contributed by atoms with Crippen LogP contribution in [0.2, 0.25) is 0 Å². The molecule has 0 spiro atoms. The first-order valence-electron chi connectivity index (χ1n) is 4.86. The molecule has 0 aliphatic carbocycles. The van der Waals surface area contributed by atoms with Crippen molar-refractivity contribution in [2.45, 2.75) is 12.5 Å². The summed E-state index contributed by atoms with van der Waals surface area (Å²) in [5, 5.41) is 19.3. The van der Waals surface area contributed by atoms with Gasteiger partial charge in [-0.1, -0.05) is 12.1 Å². The van der Waals surface area contributed by atoms with Gasteiger partial charge in [-0.25, -0.2) is 0 Å².